The van der Waals surface area contributed by atoms with Crippen molar-refractivity contribution in [1.29, 1.82) is 0 Å². The highest BCUT2D eigenvalue weighted by Gasteiger charge is 2.37. The SMILES string of the molecule is O=C(COc1ccccc1)N1CCN2[C@@H](COC[C@@H]2c2ccccc2)C1. The predicted molar refractivity (Wildman–Crippen MR) is 99.0 cm³/mol. The van der Waals surface area contributed by atoms with Gasteiger partial charge in [0.15, 0.2) is 6.61 Å². The van der Waals surface area contributed by atoms with E-state index in [9.17, 15) is 4.79 Å². The Balaban J connectivity index is 1.36. The molecule has 2 aliphatic heterocycles. The van der Waals surface area contributed by atoms with Crippen molar-refractivity contribution >= 4 is 5.91 Å². The first kappa shape index (κ1) is 17.1. The molecule has 2 aromatic rings. The highest BCUT2D eigenvalue weighted by Crippen LogP contribution is 2.29. The number of piperazine rings is 1. The van der Waals surface area contributed by atoms with E-state index in [2.05, 4.69) is 29.2 Å². The quantitative estimate of drug-likeness (QED) is 0.847. The molecule has 4 rings (SSSR count). The largest absolute Gasteiger partial charge is 0.484 e. The third kappa shape index (κ3) is 3.74. The van der Waals surface area contributed by atoms with Gasteiger partial charge in [-0.15, -0.1) is 0 Å². The van der Waals surface area contributed by atoms with Gasteiger partial charge in [0.25, 0.3) is 5.91 Å². The van der Waals surface area contributed by atoms with Crippen LogP contribution in [0.4, 0.5) is 0 Å². The lowest BCUT2D eigenvalue weighted by Crippen LogP contribution is -2.60. The first-order valence-corrected chi connectivity index (χ1v) is 9.15. The van der Waals surface area contributed by atoms with Crippen LogP contribution in [0.15, 0.2) is 60.7 Å². The van der Waals surface area contributed by atoms with Crippen molar-refractivity contribution in [1.82, 2.24) is 9.80 Å². The van der Waals surface area contributed by atoms with Crippen LogP contribution in [0.25, 0.3) is 0 Å². The molecule has 2 aromatic carbocycles. The number of nitrogens with zero attached hydrogens (tertiary/aromatic N) is 2. The summed E-state index contributed by atoms with van der Waals surface area (Å²) in [6.45, 7) is 3.76. The molecule has 0 spiro atoms. The second kappa shape index (κ2) is 7.89. The molecule has 5 heteroatoms. The Labute approximate surface area is 154 Å². The van der Waals surface area contributed by atoms with Gasteiger partial charge in [-0.1, -0.05) is 48.5 Å². The Bertz CT molecular complexity index is 723. The van der Waals surface area contributed by atoms with Crippen LogP contribution < -0.4 is 4.74 Å². The lowest BCUT2D eigenvalue weighted by Gasteiger charge is -2.48. The van der Waals surface area contributed by atoms with E-state index >= 15 is 0 Å². The number of hydrogen-bond donors (Lipinski definition) is 0. The lowest BCUT2D eigenvalue weighted by atomic mass is 10.00. The van der Waals surface area contributed by atoms with Gasteiger partial charge in [0, 0.05) is 19.6 Å². The molecule has 26 heavy (non-hydrogen) atoms. The molecule has 5 nitrogen and oxygen atoms in total. The van der Waals surface area contributed by atoms with Gasteiger partial charge in [-0.3, -0.25) is 9.69 Å². The van der Waals surface area contributed by atoms with Gasteiger partial charge in [-0.05, 0) is 17.7 Å². The second-order valence-corrected chi connectivity index (χ2v) is 6.80. The van der Waals surface area contributed by atoms with Crippen LogP contribution in [0.5, 0.6) is 5.75 Å². The molecule has 0 aliphatic carbocycles. The summed E-state index contributed by atoms with van der Waals surface area (Å²) in [6.07, 6.45) is 0. The van der Waals surface area contributed by atoms with E-state index in [1.54, 1.807) is 0 Å². The maximum Gasteiger partial charge on any atom is 0.260 e. The van der Waals surface area contributed by atoms with Crippen LogP contribution >= 0.6 is 0 Å². The highest BCUT2D eigenvalue weighted by molar-refractivity contribution is 5.78. The highest BCUT2D eigenvalue weighted by atomic mass is 16.5. The topological polar surface area (TPSA) is 42.0 Å². The number of fused-ring (bicyclic) bond motifs is 1. The number of carbonyl (C=O) groups excluding carboxylic acids is 1. The first-order valence-electron chi connectivity index (χ1n) is 9.15. The lowest BCUT2D eigenvalue weighted by molar-refractivity contribution is -0.142. The maximum atomic E-state index is 12.5. The van der Waals surface area contributed by atoms with Crippen molar-refractivity contribution in [2.75, 3.05) is 39.5 Å². The monoisotopic (exact) mass is 352 g/mol. The molecule has 0 aromatic heterocycles. The molecule has 2 saturated heterocycles. The smallest absolute Gasteiger partial charge is 0.260 e. The number of amides is 1. The molecule has 2 fully saturated rings. The number of ether oxygens (including phenoxy) is 2. The number of morpholine rings is 1. The number of benzene rings is 2. The summed E-state index contributed by atoms with van der Waals surface area (Å²) in [5.41, 5.74) is 1.28. The van der Waals surface area contributed by atoms with Crippen molar-refractivity contribution in [3.05, 3.63) is 66.2 Å². The molecule has 1 amide bonds. The fourth-order valence-corrected chi connectivity index (χ4v) is 3.78. The van der Waals surface area contributed by atoms with E-state index in [-0.39, 0.29) is 24.6 Å². The van der Waals surface area contributed by atoms with Crippen molar-refractivity contribution < 1.29 is 14.3 Å². The third-order valence-corrected chi connectivity index (χ3v) is 5.16. The van der Waals surface area contributed by atoms with Crippen LogP contribution in [0, 0.1) is 0 Å². The molecule has 0 N–H and O–H groups in total. The second-order valence-electron chi connectivity index (χ2n) is 6.80. The summed E-state index contributed by atoms with van der Waals surface area (Å²) in [7, 11) is 0. The van der Waals surface area contributed by atoms with Gasteiger partial charge < -0.3 is 14.4 Å². The maximum absolute atomic E-state index is 12.5. The Kier molecular flexibility index (Phi) is 5.18. The van der Waals surface area contributed by atoms with E-state index in [4.69, 9.17) is 9.47 Å². The third-order valence-electron chi connectivity index (χ3n) is 5.16. The average Bonchev–Trinajstić information content (AvgIpc) is 2.72. The number of hydrogen-bond acceptors (Lipinski definition) is 4. The fourth-order valence-electron chi connectivity index (χ4n) is 3.78. The molecule has 0 unspecified atom stereocenters. The minimum Gasteiger partial charge on any atom is -0.484 e. The number of rotatable bonds is 4. The zero-order valence-corrected chi connectivity index (χ0v) is 14.8. The fraction of sp³-hybridized carbons (Fsp3) is 0.381. The van der Waals surface area contributed by atoms with Crippen LogP contribution in [-0.4, -0.2) is 61.2 Å². The molecule has 0 saturated carbocycles. The summed E-state index contributed by atoms with van der Waals surface area (Å²) in [5.74, 6) is 0.764. The van der Waals surface area contributed by atoms with Gasteiger partial charge in [0.1, 0.15) is 5.75 Å². The summed E-state index contributed by atoms with van der Waals surface area (Å²) in [5, 5.41) is 0. The first-order chi connectivity index (χ1) is 12.8. The molecule has 136 valence electrons. The van der Waals surface area contributed by atoms with Crippen molar-refractivity contribution in [3.8, 4) is 5.75 Å². The van der Waals surface area contributed by atoms with E-state index < -0.39 is 0 Å². The van der Waals surface area contributed by atoms with E-state index in [0.29, 0.717) is 19.8 Å². The van der Waals surface area contributed by atoms with E-state index in [0.717, 1.165) is 18.8 Å². The standard InChI is InChI=1S/C21H24N2O3/c24-21(16-26-19-9-5-2-6-10-19)22-11-12-23-18(13-22)14-25-15-20(23)17-7-3-1-4-8-17/h1-10,18,20H,11-16H2/t18-,20-/m1/s1. The van der Waals surface area contributed by atoms with E-state index in [1.165, 1.54) is 5.56 Å². The molecule has 0 radical (unpaired) electrons. The number of para-hydroxylation sites is 1. The summed E-state index contributed by atoms with van der Waals surface area (Å²) < 4.78 is 11.5. The Hall–Kier alpha value is -2.37. The zero-order valence-electron chi connectivity index (χ0n) is 14.8. The molecule has 2 heterocycles. The van der Waals surface area contributed by atoms with Gasteiger partial charge in [0.05, 0.1) is 25.3 Å². The zero-order chi connectivity index (χ0) is 17.8. The minimum absolute atomic E-state index is 0.0373. The van der Waals surface area contributed by atoms with Crippen LogP contribution in [-0.2, 0) is 9.53 Å². The predicted octanol–water partition coefficient (Wildman–Crippen LogP) is 2.35. The van der Waals surface area contributed by atoms with Crippen LogP contribution in [0.3, 0.4) is 0 Å². The van der Waals surface area contributed by atoms with Crippen LogP contribution in [0.2, 0.25) is 0 Å². The summed E-state index contributed by atoms with van der Waals surface area (Å²) in [4.78, 5) is 16.9. The van der Waals surface area contributed by atoms with Gasteiger partial charge in [-0.2, -0.15) is 0 Å². The normalized spacial score (nSPS) is 23.3. The van der Waals surface area contributed by atoms with Crippen molar-refractivity contribution in [2.24, 2.45) is 0 Å². The Morgan fingerprint density at radius 2 is 1.73 bits per heavy atom. The average molecular weight is 352 g/mol. The molecular formula is C21H24N2O3. The van der Waals surface area contributed by atoms with Gasteiger partial charge in [-0.25, -0.2) is 0 Å². The van der Waals surface area contributed by atoms with Crippen LogP contribution in [0.1, 0.15) is 11.6 Å². The molecular weight excluding hydrogens is 328 g/mol. The molecule has 2 aliphatic rings. The Morgan fingerprint density at radius 3 is 2.50 bits per heavy atom. The summed E-state index contributed by atoms with van der Waals surface area (Å²) in [6, 6.07) is 20.5. The molecule has 0 bridgehead atoms. The molecule has 2 atom stereocenters. The van der Waals surface area contributed by atoms with Crippen molar-refractivity contribution in [2.45, 2.75) is 12.1 Å². The van der Waals surface area contributed by atoms with Gasteiger partial charge in [0.2, 0.25) is 0 Å². The van der Waals surface area contributed by atoms with E-state index in [1.807, 2.05) is 41.3 Å². The van der Waals surface area contributed by atoms with Crippen molar-refractivity contribution in [3.63, 3.8) is 0 Å². The van der Waals surface area contributed by atoms with Gasteiger partial charge >= 0.3 is 0 Å². The Morgan fingerprint density at radius 1 is 1.00 bits per heavy atom. The number of carbonyl (C=O) groups is 1. The summed E-state index contributed by atoms with van der Waals surface area (Å²) >= 11 is 0. The minimum atomic E-state index is 0.0373.